The SMILES string of the molecule is O=C(NCc1cc2n(n1)CCCN(C1CCCCC1)C2)Nc1ccccc1. The number of anilines is 1. The minimum Gasteiger partial charge on any atom is -0.332 e. The van der Waals surface area contributed by atoms with E-state index in [1.165, 1.54) is 44.3 Å². The number of amides is 2. The summed E-state index contributed by atoms with van der Waals surface area (Å²) in [6.45, 7) is 3.56. The van der Waals surface area contributed by atoms with Gasteiger partial charge in [0.15, 0.2) is 0 Å². The number of hydrogen-bond donors (Lipinski definition) is 2. The van der Waals surface area contributed by atoms with Crippen LogP contribution in [0.5, 0.6) is 0 Å². The van der Waals surface area contributed by atoms with Gasteiger partial charge in [-0.2, -0.15) is 5.10 Å². The number of para-hydroxylation sites is 1. The molecule has 1 aliphatic heterocycles. The largest absolute Gasteiger partial charge is 0.332 e. The quantitative estimate of drug-likeness (QED) is 0.865. The van der Waals surface area contributed by atoms with Crippen molar-refractivity contribution in [2.45, 2.75) is 64.2 Å². The summed E-state index contributed by atoms with van der Waals surface area (Å²) in [5.41, 5.74) is 3.00. The van der Waals surface area contributed by atoms with E-state index >= 15 is 0 Å². The van der Waals surface area contributed by atoms with Gasteiger partial charge in [0, 0.05) is 31.4 Å². The molecule has 2 aromatic rings. The summed E-state index contributed by atoms with van der Waals surface area (Å²) < 4.78 is 2.13. The highest BCUT2D eigenvalue weighted by Crippen LogP contribution is 2.26. The highest BCUT2D eigenvalue weighted by molar-refractivity contribution is 5.89. The molecule has 2 N–H and O–H groups in total. The standard InChI is InChI=1S/C21H29N5O/c27-21(23-17-8-3-1-4-9-17)22-15-18-14-20-16-25(12-7-13-26(20)24-18)19-10-5-2-6-11-19/h1,3-4,8-9,14,19H,2,5-7,10-13,15-16H2,(H2,22,23,27). The van der Waals surface area contributed by atoms with Gasteiger partial charge in [-0.05, 0) is 37.5 Å². The molecular weight excluding hydrogens is 338 g/mol. The third-order valence-corrected chi connectivity index (χ3v) is 5.65. The number of rotatable bonds is 4. The molecule has 6 nitrogen and oxygen atoms in total. The minimum absolute atomic E-state index is 0.201. The molecule has 144 valence electrons. The summed E-state index contributed by atoms with van der Waals surface area (Å²) in [5.74, 6) is 0. The molecule has 6 heteroatoms. The Hall–Kier alpha value is -2.34. The van der Waals surface area contributed by atoms with E-state index in [1.807, 2.05) is 30.3 Å². The monoisotopic (exact) mass is 367 g/mol. The Morgan fingerprint density at radius 2 is 1.89 bits per heavy atom. The van der Waals surface area contributed by atoms with E-state index in [9.17, 15) is 4.79 Å². The third-order valence-electron chi connectivity index (χ3n) is 5.65. The fraction of sp³-hybridized carbons (Fsp3) is 0.524. The molecule has 1 aliphatic carbocycles. The summed E-state index contributed by atoms with van der Waals surface area (Å²) in [4.78, 5) is 14.7. The lowest BCUT2D eigenvalue weighted by atomic mass is 9.94. The van der Waals surface area contributed by atoms with Crippen LogP contribution in [0.15, 0.2) is 36.4 Å². The fourth-order valence-corrected chi connectivity index (χ4v) is 4.26. The normalized spacial score (nSPS) is 18.5. The van der Waals surface area contributed by atoms with E-state index in [-0.39, 0.29) is 6.03 Å². The van der Waals surface area contributed by atoms with Crippen molar-refractivity contribution in [3.8, 4) is 0 Å². The highest BCUT2D eigenvalue weighted by Gasteiger charge is 2.24. The number of nitrogens with one attached hydrogen (secondary N) is 2. The molecule has 2 heterocycles. The first kappa shape index (κ1) is 18.0. The zero-order valence-corrected chi connectivity index (χ0v) is 15.9. The van der Waals surface area contributed by atoms with E-state index in [2.05, 4.69) is 26.3 Å². The van der Waals surface area contributed by atoms with Gasteiger partial charge in [0.2, 0.25) is 0 Å². The number of nitrogens with zero attached hydrogens (tertiary/aromatic N) is 3. The lowest BCUT2D eigenvalue weighted by molar-refractivity contribution is 0.150. The van der Waals surface area contributed by atoms with E-state index in [1.54, 1.807) is 0 Å². The maximum absolute atomic E-state index is 12.1. The van der Waals surface area contributed by atoms with Crippen molar-refractivity contribution in [1.29, 1.82) is 0 Å². The summed E-state index contributed by atoms with van der Waals surface area (Å²) >= 11 is 0. The van der Waals surface area contributed by atoms with Gasteiger partial charge in [-0.25, -0.2) is 4.79 Å². The second-order valence-electron chi connectivity index (χ2n) is 7.64. The Labute approximate surface area is 160 Å². The lowest BCUT2D eigenvalue weighted by Gasteiger charge is -2.33. The number of fused-ring (bicyclic) bond motifs is 1. The fourth-order valence-electron chi connectivity index (χ4n) is 4.26. The predicted octanol–water partition coefficient (Wildman–Crippen LogP) is 3.74. The first-order chi connectivity index (χ1) is 13.3. The van der Waals surface area contributed by atoms with Crippen molar-refractivity contribution in [1.82, 2.24) is 20.0 Å². The van der Waals surface area contributed by atoms with Crippen molar-refractivity contribution in [2.75, 3.05) is 11.9 Å². The Bertz CT molecular complexity index is 751. The van der Waals surface area contributed by atoms with Crippen molar-refractivity contribution in [2.24, 2.45) is 0 Å². The number of benzene rings is 1. The zero-order chi connectivity index (χ0) is 18.5. The highest BCUT2D eigenvalue weighted by atomic mass is 16.2. The maximum Gasteiger partial charge on any atom is 0.319 e. The van der Waals surface area contributed by atoms with Gasteiger partial charge < -0.3 is 10.6 Å². The maximum atomic E-state index is 12.1. The summed E-state index contributed by atoms with van der Waals surface area (Å²) in [6, 6.07) is 12.2. The van der Waals surface area contributed by atoms with Crippen LogP contribution < -0.4 is 10.6 Å². The Balaban J connectivity index is 1.34. The average Bonchev–Trinajstić information content (AvgIpc) is 2.98. The first-order valence-corrected chi connectivity index (χ1v) is 10.2. The van der Waals surface area contributed by atoms with Crippen LogP contribution in [-0.2, 0) is 19.6 Å². The number of carbonyl (C=O) groups is 1. The Morgan fingerprint density at radius 3 is 2.70 bits per heavy atom. The number of carbonyl (C=O) groups excluding carboxylic acids is 1. The average molecular weight is 367 g/mol. The van der Waals surface area contributed by atoms with Crippen LogP contribution in [0, 0.1) is 0 Å². The molecule has 0 atom stereocenters. The van der Waals surface area contributed by atoms with Crippen molar-refractivity contribution in [3.63, 3.8) is 0 Å². The molecule has 1 aromatic heterocycles. The van der Waals surface area contributed by atoms with Gasteiger partial charge in [-0.15, -0.1) is 0 Å². The lowest BCUT2D eigenvalue weighted by Crippen LogP contribution is -2.36. The number of hydrogen-bond acceptors (Lipinski definition) is 3. The van der Waals surface area contributed by atoms with E-state index in [0.29, 0.717) is 6.54 Å². The van der Waals surface area contributed by atoms with Crippen LogP contribution in [0.4, 0.5) is 10.5 Å². The van der Waals surface area contributed by atoms with Crippen LogP contribution >= 0.6 is 0 Å². The van der Waals surface area contributed by atoms with Crippen LogP contribution in [-0.4, -0.2) is 33.3 Å². The molecule has 2 amide bonds. The molecule has 0 bridgehead atoms. The second kappa shape index (κ2) is 8.57. The molecule has 0 radical (unpaired) electrons. The number of urea groups is 1. The molecule has 0 unspecified atom stereocenters. The second-order valence-corrected chi connectivity index (χ2v) is 7.64. The molecule has 1 fully saturated rings. The van der Waals surface area contributed by atoms with E-state index in [4.69, 9.17) is 5.10 Å². The van der Waals surface area contributed by atoms with Gasteiger partial charge >= 0.3 is 6.03 Å². The summed E-state index contributed by atoms with van der Waals surface area (Å²) in [5, 5.41) is 10.5. The van der Waals surface area contributed by atoms with E-state index < -0.39 is 0 Å². The van der Waals surface area contributed by atoms with Crippen molar-refractivity contribution < 1.29 is 4.79 Å². The molecule has 4 rings (SSSR count). The summed E-state index contributed by atoms with van der Waals surface area (Å²) in [6.07, 6.45) is 7.94. The van der Waals surface area contributed by atoms with Crippen LogP contribution in [0.3, 0.4) is 0 Å². The van der Waals surface area contributed by atoms with Crippen molar-refractivity contribution in [3.05, 3.63) is 47.8 Å². The third kappa shape index (κ3) is 4.69. The molecule has 1 aromatic carbocycles. The first-order valence-electron chi connectivity index (χ1n) is 10.2. The van der Waals surface area contributed by atoms with Crippen LogP contribution in [0.2, 0.25) is 0 Å². The molecule has 1 saturated carbocycles. The molecule has 0 saturated heterocycles. The molecule has 0 spiro atoms. The molecular formula is C21H29N5O. The van der Waals surface area contributed by atoms with Gasteiger partial charge in [0.05, 0.1) is 17.9 Å². The van der Waals surface area contributed by atoms with Gasteiger partial charge in [-0.1, -0.05) is 37.5 Å². The number of aryl methyl sites for hydroxylation is 1. The van der Waals surface area contributed by atoms with Crippen LogP contribution in [0.1, 0.15) is 49.9 Å². The van der Waals surface area contributed by atoms with Gasteiger partial charge in [0.25, 0.3) is 0 Å². The topological polar surface area (TPSA) is 62.2 Å². The predicted molar refractivity (Wildman–Crippen MR) is 106 cm³/mol. The Kier molecular flexibility index (Phi) is 5.72. The van der Waals surface area contributed by atoms with Gasteiger partial charge in [-0.3, -0.25) is 9.58 Å². The zero-order valence-electron chi connectivity index (χ0n) is 15.9. The van der Waals surface area contributed by atoms with Gasteiger partial charge in [0.1, 0.15) is 0 Å². The minimum atomic E-state index is -0.201. The van der Waals surface area contributed by atoms with E-state index in [0.717, 1.165) is 36.9 Å². The van der Waals surface area contributed by atoms with Crippen molar-refractivity contribution >= 4 is 11.7 Å². The number of aromatic nitrogens is 2. The molecule has 27 heavy (non-hydrogen) atoms. The van der Waals surface area contributed by atoms with Crippen LogP contribution in [0.25, 0.3) is 0 Å². The Morgan fingerprint density at radius 1 is 1.07 bits per heavy atom. The smallest absolute Gasteiger partial charge is 0.319 e. The molecule has 2 aliphatic rings. The summed E-state index contributed by atoms with van der Waals surface area (Å²) in [7, 11) is 0.